The minimum absolute atomic E-state index is 0.0751. The molecule has 0 radical (unpaired) electrons. The second-order valence-corrected chi connectivity index (χ2v) is 3.78. The molecule has 16 heavy (non-hydrogen) atoms. The Labute approximate surface area is 93.0 Å². The van der Waals surface area contributed by atoms with E-state index in [0.29, 0.717) is 6.61 Å². The van der Waals surface area contributed by atoms with Gasteiger partial charge in [0.2, 0.25) is 0 Å². The number of aromatic carboxylic acids is 1. The molecule has 0 aromatic heterocycles. The van der Waals surface area contributed by atoms with Crippen LogP contribution in [0.3, 0.4) is 0 Å². The summed E-state index contributed by atoms with van der Waals surface area (Å²) in [6.07, 6.45) is 0. The summed E-state index contributed by atoms with van der Waals surface area (Å²) < 4.78 is 5.32. The molecule has 0 unspecified atom stereocenters. The topological polar surface area (TPSA) is 76.0 Å². The molecular weight excluding hydrogens is 210 g/mol. The molecule has 0 aliphatic rings. The highest BCUT2D eigenvalue weighted by molar-refractivity contribution is 5.88. The van der Waals surface area contributed by atoms with E-state index < -0.39 is 5.97 Å². The fraction of sp³-hybridized carbons (Fsp3) is 0.364. The van der Waals surface area contributed by atoms with Crippen LogP contribution >= 0.6 is 0 Å². The lowest BCUT2D eigenvalue weighted by atomic mass is 10.2. The molecule has 1 aromatic carbocycles. The number of ether oxygens (including phenoxy) is 1. The molecule has 1 aromatic rings. The molecular formula is C11H13NO4. The molecule has 0 aliphatic carbocycles. The molecule has 0 atom stereocenters. The van der Waals surface area contributed by atoms with Crippen LogP contribution in [0.15, 0.2) is 23.4 Å². The van der Waals surface area contributed by atoms with Crippen molar-refractivity contribution in [2.75, 3.05) is 6.61 Å². The first-order chi connectivity index (χ1) is 7.54. The fourth-order valence-corrected chi connectivity index (χ4v) is 1.09. The van der Waals surface area contributed by atoms with Gasteiger partial charge in [-0.1, -0.05) is 13.8 Å². The summed E-state index contributed by atoms with van der Waals surface area (Å²) in [4.78, 5) is 21.2. The Kier molecular flexibility index (Phi) is 3.99. The van der Waals surface area contributed by atoms with Crippen molar-refractivity contribution in [3.8, 4) is 5.75 Å². The first-order valence-corrected chi connectivity index (χ1v) is 4.88. The standard InChI is InChI=1S/C11H13NO4/c1-7(2)6-16-10-5-8(11(13)14)3-4-9(10)12-15/h3-5,7H,6H2,1-2H3,(H,13,14). The maximum absolute atomic E-state index is 10.7. The number of carboxylic acids is 1. The normalized spacial score (nSPS) is 10.2. The number of carboxylic acid groups (broad SMARTS) is 1. The van der Waals surface area contributed by atoms with Crippen molar-refractivity contribution in [3.05, 3.63) is 28.7 Å². The zero-order valence-corrected chi connectivity index (χ0v) is 9.14. The molecule has 5 nitrogen and oxygen atoms in total. The summed E-state index contributed by atoms with van der Waals surface area (Å²) in [5, 5.41) is 11.6. The summed E-state index contributed by atoms with van der Waals surface area (Å²) in [6, 6.07) is 3.97. The van der Waals surface area contributed by atoms with Crippen LogP contribution in [0.25, 0.3) is 0 Å². The van der Waals surface area contributed by atoms with Gasteiger partial charge in [0.1, 0.15) is 11.4 Å². The first-order valence-electron chi connectivity index (χ1n) is 4.88. The molecule has 0 spiro atoms. The van der Waals surface area contributed by atoms with E-state index in [9.17, 15) is 9.70 Å². The maximum Gasteiger partial charge on any atom is 0.335 e. The summed E-state index contributed by atoms with van der Waals surface area (Å²) in [6.45, 7) is 4.32. The number of carbonyl (C=O) groups is 1. The molecule has 0 fully saturated rings. The van der Waals surface area contributed by atoms with E-state index in [1.165, 1.54) is 18.2 Å². The minimum atomic E-state index is -1.06. The highest BCUT2D eigenvalue weighted by Crippen LogP contribution is 2.28. The predicted molar refractivity (Wildman–Crippen MR) is 59.2 cm³/mol. The van der Waals surface area contributed by atoms with Gasteiger partial charge in [-0.2, -0.15) is 0 Å². The fourth-order valence-electron chi connectivity index (χ4n) is 1.09. The van der Waals surface area contributed by atoms with Gasteiger partial charge in [0.05, 0.1) is 12.2 Å². The molecule has 1 N–H and O–H groups in total. The number of hydrogen-bond acceptors (Lipinski definition) is 4. The van der Waals surface area contributed by atoms with Crippen LogP contribution < -0.4 is 4.74 Å². The molecule has 0 bridgehead atoms. The lowest BCUT2D eigenvalue weighted by molar-refractivity contribution is 0.0696. The Balaban J connectivity index is 2.97. The monoisotopic (exact) mass is 223 g/mol. The van der Waals surface area contributed by atoms with Crippen molar-refractivity contribution >= 4 is 11.7 Å². The van der Waals surface area contributed by atoms with Gasteiger partial charge < -0.3 is 9.84 Å². The third-order valence-electron chi connectivity index (χ3n) is 1.88. The molecule has 86 valence electrons. The number of hydrogen-bond donors (Lipinski definition) is 1. The third kappa shape index (κ3) is 3.05. The van der Waals surface area contributed by atoms with Crippen molar-refractivity contribution in [2.45, 2.75) is 13.8 Å². The van der Waals surface area contributed by atoms with E-state index >= 15 is 0 Å². The van der Waals surface area contributed by atoms with Crippen LogP contribution in [0.1, 0.15) is 24.2 Å². The van der Waals surface area contributed by atoms with Crippen LogP contribution in [0.2, 0.25) is 0 Å². The van der Waals surface area contributed by atoms with Crippen LogP contribution in [-0.2, 0) is 0 Å². The second kappa shape index (κ2) is 5.25. The van der Waals surface area contributed by atoms with Gasteiger partial charge in [-0.25, -0.2) is 4.79 Å². The molecule has 0 amide bonds. The van der Waals surface area contributed by atoms with E-state index in [1.54, 1.807) is 0 Å². The van der Waals surface area contributed by atoms with E-state index in [2.05, 4.69) is 5.18 Å². The van der Waals surface area contributed by atoms with Gasteiger partial charge in [-0.05, 0) is 29.3 Å². The van der Waals surface area contributed by atoms with Gasteiger partial charge in [-0.15, -0.1) is 4.91 Å². The maximum atomic E-state index is 10.7. The van der Waals surface area contributed by atoms with Crippen molar-refractivity contribution in [1.82, 2.24) is 0 Å². The molecule has 1 rings (SSSR count). The zero-order chi connectivity index (χ0) is 12.1. The summed E-state index contributed by atoms with van der Waals surface area (Å²) >= 11 is 0. The van der Waals surface area contributed by atoms with Crippen LogP contribution in [0.4, 0.5) is 5.69 Å². The SMILES string of the molecule is CC(C)COc1cc(C(=O)O)ccc1N=O. The number of rotatable bonds is 5. The van der Waals surface area contributed by atoms with Gasteiger partial charge in [0.25, 0.3) is 0 Å². The highest BCUT2D eigenvalue weighted by Gasteiger charge is 2.10. The molecule has 5 heteroatoms. The summed E-state index contributed by atoms with van der Waals surface area (Å²) in [5.74, 6) is -0.566. The lowest BCUT2D eigenvalue weighted by Gasteiger charge is -2.10. The predicted octanol–water partition coefficient (Wildman–Crippen LogP) is 2.82. The Hall–Kier alpha value is -1.91. The first kappa shape index (κ1) is 12.2. The van der Waals surface area contributed by atoms with Crippen LogP contribution in [-0.4, -0.2) is 17.7 Å². The van der Waals surface area contributed by atoms with E-state index in [0.717, 1.165) is 0 Å². The van der Waals surface area contributed by atoms with Gasteiger partial charge in [0.15, 0.2) is 0 Å². The number of nitrogens with zero attached hydrogens (tertiary/aromatic N) is 1. The van der Waals surface area contributed by atoms with Crippen LogP contribution in [0, 0.1) is 10.8 Å². The van der Waals surface area contributed by atoms with E-state index in [1.807, 2.05) is 13.8 Å². The average Bonchev–Trinajstić information content (AvgIpc) is 2.25. The van der Waals surface area contributed by atoms with Crippen molar-refractivity contribution in [3.63, 3.8) is 0 Å². The van der Waals surface area contributed by atoms with Crippen molar-refractivity contribution in [1.29, 1.82) is 0 Å². The van der Waals surface area contributed by atoms with Crippen molar-refractivity contribution in [2.24, 2.45) is 11.1 Å². The molecule has 0 saturated heterocycles. The molecule has 0 heterocycles. The third-order valence-corrected chi connectivity index (χ3v) is 1.88. The van der Waals surface area contributed by atoms with Gasteiger partial charge >= 0.3 is 5.97 Å². The number of benzene rings is 1. The smallest absolute Gasteiger partial charge is 0.335 e. The second-order valence-electron chi connectivity index (χ2n) is 3.78. The largest absolute Gasteiger partial charge is 0.491 e. The van der Waals surface area contributed by atoms with Gasteiger partial charge in [-0.3, -0.25) is 0 Å². The Morgan fingerprint density at radius 1 is 1.50 bits per heavy atom. The number of nitroso groups, excluding NO2 is 1. The molecule has 0 saturated carbocycles. The minimum Gasteiger partial charge on any atom is -0.491 e. The zero-order valence-electron chi connectivity index (χ0n) is 9.14. The van der Waals surface area contributed by atoms with Crippen molar-refractivity contribution < 1.29 is 14.6 Å². The lowest BCUT2D eigenvalue weighted by Crippen LogP contribution is -2.05. The summed E-state index contributed by atoms with van der Waals surface area (Å²) in [5.41, 5.74) is 0.191. The van der Waals surface area contributed by atoms with E-state index in [4.69, 9.17) is 9.84 Å². The average molecular weight is 223 g/mol. The van der Waals surface area contributed by atoms with Crippen LogP contribution in [0.5, 0.6) is 5.75 Å². The van der Waals surface area contributed by atoms with Gasteiger partial charge in [0, 0.05) is 0 Å². The Morgan fingerprint density at radius 2 is 2.19 bits per heavy atom. The summed E-state index contributed by atoms with van der Waals surface area (Å²) in [7, 11) is 0. The highest BCUT2D eigenvalue weighted by atomic mass is 16.5. The quantitative estimate of drug-likeness (QED) is 0.778. The van der Waals surface area contributed by atoms with E-state index in [-0.39, 0.29) is 22.9 Å². The Morgan fingerprint density at radius 3 is 2.69 bits per heavy atom. The Bertz CT molecular complexity index is 401. The molecule has 0 aliphatic heterocycles.